The van der Waals surface area contributed by atoms with Crippen LogP contribution in [0.15, 0.2) is 53.4 Å². The first-order valence-electron chi connectivity index (χ1n) is 9.00. The SMILES string of the molecule is CCCOc1ccccc1CCCNC(=O)[C@@H](C)Sc1ccc(Cl)cc1. The van der Waals surface area contributed by atoms with Gasteiger partial charge in [0, 0.05) is 16.5 Å². The normalized spacial score (nSPS) is 11.8. The molecule has 140 valence electrons. The number of benzene rings is 2. The molecule has 2 aromatic rings. The summed E-state index contributed by atoms with van der Waals surface area (Å²) in [5.74, 6) is 1.01. The minimum absolute atomic E-state index is 0.0560. The third-order valence-corrected chi connectivity index (χ3v) is 5.22. The Morgan fingerprint density at radius 2 is 1.92 bits per heavy atom. The number of rotatable bonds is 10. The molecule has 0 aliphatic carbocycles. The van der Waals surface area contributed by atoms with E-state index in [0.717, 1.165) is 36.5 Å². The Balaban J connectivity index is 1.73. The molecule has 0 radical (unpaired) electrons. The molecule has 0 aliphatic rings. The van der Waals surface area contributed by atoms with E-state index in [1.807, 2.05) is 49.4 Å². The molecule has 0 heterocycles. The Kier molecular flexibility index (Phi) is 8.86. The molecule has 0 aliphatic heterocycles. The van der Waals surface area contributed by atoms with Crippen molar-refractivity contribution in [3.8, 4) is 5.75 Å². The van der Waals surface area contributed by atoms with Crippen LogP contribution >= 0.6 is 23.4 Å². The van der Waals surface area contributed by atoms with Crippen LogP contribution in [0.1, 0.15) is 32.3 Å². The zero-order valence-electron chi connectivity index (χ0n) is 15.3. The third kappa shape index (κ3) is 6.93. The molecule has 0 saturated carbocycles. The second-order valence-corrected chi connectivity index (χ2v) is 7.92. The van der Waals surface area contributed by atoms with Crippen molar-refractivity contribution in [1.29, 1.82) is 0 Å². The molecule has 26 heavy (non-hydrogen) atoms. The molecule has 3 nitrogen and oxygen atoms in total. The van der Waals surface area contributed by atoms with E-state index in [4.69, 9.17) is 16.3 Å². The summed E-state index contributed by atoms with van der Waals surface area (Å²) in [5, 5.41) is 3.58. The van der Waals surface area contributed by atoms with Crippen LogP contribution in [0.4, 0.5) is 0 Å². The molecule has 1 N–H and O–H groups in total. The standard InChI is InChI=1S/C21H26ClNO2S/c1-3-15-25-20-9-5-4-7-17(20)8-6-14-23-21(24)16(2)26-19-12-10-18(22)11-13-19/h4-5,7,9-13,16H,3,6,8,14-15H2,1-2H3,(H,23,24)/t16-/m1/s1. The van der Waals surface area contributed by atoms with Crippen LogP contribution in [0, 0.1) is 0 Å². The van der Waals surface area contributed by atoms with Crippen molar-refractivity contribution in [3.63, 3.8) is 0 Å². The van der Waals surface area contributed by atoms with Gasteiger partial charge in [-0.1, -0.05) is 36.7 Å². The molecule has 0 saturated heterocycles. The molecule has 0 aromatic heterocycles. The van der Waals surface area contributed by atoms with E-state index < -0.39 is 0 Å². The third-order valence-electron chi connectivity index (χ3n) is 3.85. The highest BCUT2D eigenvalue weighted by Gasteiger charge is 2.13. The van der Waals surface area contributed by atoms with Crippen molar-refractivity contribution in [1.82, 2.24) is 5.32 Å². The van der Waals surface area contributed by atoms with Crippen LogP contribution < -0.4 is 10.1 Å². The highest BCUT2D eigenvalue weighted by molar-refractivity contribution is 8.00. The van der Waals surface area contributed by atoms with Crippen molar-refractivity contribution in [2.45, 2.75) is 43.3 Å². The lowest BCUT2D eigenvalue weighted by Gasteiger charge is -2.13. The summed E-state index contributed by atoms with van der Waals surface area (Å²) in [7, 11) is 0. The van der Waals surface area contributed by atoms with E-state index >= 15 is 0 Å². The minimum Gasteiger partial charge on any atom is -0.493 e. The number of carbonyl (C=O) groups excluding carboxylic acids is 1. The van der Waals surface area contributed by atoms with Crippen LogP contribution in [-0.4, -0.2) is 24.3 Å². The van der Waals surface area contributed by atoms with Gasteiger partial charge in [0.2, 0.25) is 5.91 Å². The average molecular weight is 392 g/mol. The molecule has 2 rings (SSSR count). The smallest absolute Gasteiger partial charge is 0.233 e. The molecule has 5 heteroatoms. The van der Waals surface area contributed by atoms with Gasteiger partial charge in [0.15, 0.2) is 0 Å². The minimum atomic E-state index is -0.142. The van der Waals surface area contributed by atoms with Crippen molar-refractivity contribution in [3.05, 3.63) is 59.1 Å². The second kappa shape index (κ2) is 11.1. The Morgan fingerprint density at radius 1 is 1.19 bits per heavy atom. The number of para-hydroxylation sites is 1. The maximum Gasteiger partial charge on any atom is 0.233 e. The number of halogens is 1. The summed E-state index contributed by atoms with van der Waals surface area (Å²) in [6, 6.07) is 15.7. The van der Waals surface area contributed by atoms with Crippen LogP contribution in [0.25, 0.3) is 0 Å². The molecule has 0 spiro atoms. The molecule has 0 fully saturated rings. The number of hydrogen-bond donors (Lipinski definition) is 1. The van der Waals surface area contributed by atoms with Gasteiger partial charge in [-0.2, -0.15) is 0 Å². The van der Waals surface area contributed by atoms with E-state index in [0.29, 0.717) is 11.6 Å². The highest BCUT2D eigenvalue weighted by atomic mass is 35.5. The Morgan fingerprint density at radius 3 is 2.65 bits per heavy atom. The number of ether oxygens (including phenoxy) is 1. The van der Waals surface area contributed by atoms with E-state index in [9.17, 15) is 4.79 Å². The fourth-order valence-corrected chi connectivity index (χ4v) is 3.49. The van der Waals surface area contributed by atoms with Gasteiger partial charge in [-0.05, 0) is 62.1 Å². The molecular formula is C21H26ClNO2S. The number of thioether (sulfide) groups is 1. The Bertz CT molecular complexity index is 691. The van der Waals surface area contributed by atoms with Gasteiger partial charge in [0.25, 0.3) is 0 Å². The highest BCUT2D eigenvalue weighted by Crippen LogP contribution is 2.25. The lowest BCUT2D eigenvalue weighted by molar-refractivity contribution is -0.120. The number of carbonyl (C=O) groups is 1. The number of amides is 1. The van der Waals surface area contributed by atoms with Crippen molar-refractivity contribution < 1.29 is 9.53 Å². The van der Waals surface area contributed by atoms with E-state index in [1.54, 1.807) is 0 Å². The van der Waals surface area contributed by atoms with Gasteiger partial charge in [-0.3, -0.25) is 4.79 Å². The molecule has 0 bridgehead atoms. The lowest BCUT2D eigenvalue weighted by atomic mass is 10.1. The van der Waals surface area contributed by atoms with Gasteiger partial charge >= 0.3 is 0 Å². The maximum absolute atomic E-state index is 12.3. The summed E-state index contributed by atoms with van der Waals surface area (Å²) in [4.78, 5) is 13.3. The predicted octanol–water partition coefficient (Wildman–Crippen LogP) is 5.36. The zero-order valence-corrected chi connectivity index (χ0v) is 16.9. The monoisotopic (exact) mass is 391 g/mol. The average Bonchev–Trinajstić information content (AvgIpc) is 2.66. The van der Waals surface area contributed by atoms with Gasteiger partial charge in [0.1, 0.15) is 5.75 Å². The van der Waals surface area contributed by atoms with E-state index in [2.05, 4.69) is 18.3 Å². The van der Waals surface area contributed by atoms with Gasteiger partial charge < -0.3 is 10.1 Å². The van der Waals surface area contributed by atoms with Crippen molar-refractivity contribution in [2.75, 3.05) is 13.2 Å². The summed E-state index contributed by atoms with van der Waals surface area (Å²) >= 11 is 7.42. The molecule has 0 unspecified atom stereocenters. The lowest BCUT2D eigenvalue weighted by Crippen LogP contribution is -2.31. The molecule has 1 atom stereocenters. The Hall–Kier alpha value is -1.65. The summed E-state index contributed by atoms with van der Waals surface area (Å²) in [6.07, 6.45) is 2.77. The first-order valence-corrected chi connectivity index (χ1v) is 10.3. The molecular weight excluding hydrogens is 366 g/mol. The first kappa shape index (κ1) is 20.7. The van der Waals surface area contributed by atoms with Crippen LogP contribution in [0.2, 0.25) is 5.02 Å². The summed E-state index contributed by atoms with van der Waals surface area (Å²) in [6.45, 7) is 5.41. The van der Waals surface area contributed by atoms with Gasteiger partial charge in [-0.15, -0.1) is 11.8 Å². The molecule has 1 amide bonds. The first-order chi connectivity index (χ1) is 12.6. The molecule has 2 aromatic carbocycles. The van der Waals surface area contributed by atoms with Crippen molar-refractivity contribution >= 4 is 29.3 Å². The van der Waals surface area contributed by atoms with Crippen LogP contribution in [0.5, 0.6) is 5.75 Å². The maximum atomic E-state index is 12.3. The second-order valence-electron chi connectivity index (χ2n) is 6.06. The quantitative estimate of drug-likeness (QED) is 0.437. The van der Waals surface area contributed by atoms with Crippen LogP contribution in [-0.2, 0) is 11.2 Å². The fraction of sp³-hybridized carbons (Fsp3) is 0.381. The summed E-state index contributed by atoms with van der Waals surface area (Å²) < 4.78 is 5.78. The fourth-order valence-electron chi connectivity index (χ4n) is 2.47. The van der Waals surface area contributed by atoms with Gasteiger partial charge in [0.05, 0.1) is 11.9 Å². The van der Waals surface area contributed by atoms with E-state index in [-0.39, 0.29) is 11.2 Å². The van der Waals surface area contributed by atoms with Crippen molar-refractivity contribution in [2.24, 2.45) is 0 Å². The predicted molar refractivity (Wildman–Crippen MR) is 110 cm³/mol. The zero-order chi connectivity index (χ0) is 18.8. The number of hydrogen-bond acceptors (Lipinski definition) is 3. The van der Waals surface area contributed by atoms with Gasteiger partial charge in [-0.25, -0.2) is 0 Å². The summed E-state index contributed by atoms with van der Waals surface area (Å²) in [5.41, 5.74) is 1.19. The topological polar surface area (TPSA) is 38.3 Å². The number of aryl methyl sites for hydroxylation is 1. The van der Waals surface area contributed by atoms with Crippen LogP contribution in [0.3, 0.4) is 0 Å². The Labute approximate surface area is 165 Å². The number of nitrogens with one attached hydrogen (secondary N) is 1. The largest absolute Gasteiger partial charge is 0.493 e. The van der Waals surface area contributed by atoms with E-state index in [1.165, 1.54) is 17.3 Å².